The van der Waals surface area contributed by atoms with E-state index in [1.165, 1.54) is 0 Å². The van der Waals surface area contributed by atoms with Gasteiger partial charge >= 0.3 is 0 Å². The van der Waals surface area contributed by atoms with E-state index in [1.807, 2.05) is 18.2 Å². The van der Waals surface area contributed by atoms with E-state index in [9.17, 15) is 0 Å². The average molecular weight is 1060 g/mol. The first kappa shape index (κ1) is 50.2. The zero-order valence-electron chi connectivity index (χ0n) is 45.8. The van der Waals surface area contributed by atoms with Gasteiger partial charge in [0.1, 0.15) is 11.2 Å². The molecule has 0 unspecified atom stereocenters. The van der Waals surface area contributed by atoms with E-state index in [4.69, 9.17) is 20.4 Å². The molecule has 0 saturated heterocycles. The van der Waals surface area contributed by atoms with Gasteiger partial charge in [-0.05, 0) is 124 Å². The number of furan rings is 2. The largest absolute Gasteiger partial charge is 0.454 e. The Hall–Kier alpha value is -9.29. The summed E-state index contributed by atoms with van der Waals surface area (Å²) in [6.07, 6.45) is 0. The summed E-state index contributed by atoms with van der Waals surface area (Å²) in [5, 5.41) is 4.90. The predicted molar refractivity (Wildman–Crippen MR) is 338 cm³/mol. The fourth-order valence-corrected chi connectivity index (χ4v) is 11.6. The molecule has 0 amide bonds. The molecule has 2 heterocycles. The first-order valence-corrected chi connectivity index (χ1v) is 27.8. The van der Waals surface area contributed by atoms with E-state index in [-0.39, 0.29) is 10.8 Å². The monoisotopic (exact) mass is 1060 g/mol. The van der Waals surface area contributed by atoms with Crippen LogP contribution in [0, 0.1) is 0 Å². The Morgan fingerprint density at radius 1 is 0.312 bits per heavy atom. The highest BCUT2D eigenvalue weighted by Crippen LogP contribution is 2.52. The van der Waals surface area contributed by atoms with Crippen LogP contribution < -0.4 is 14.7 Å². The van der Waals surface area contributed by atoms with Crippen LogP contribution in [0.15, 0.2) is 264 Å². The fourth-order valence-electron chi connectivity index (χ4n) is 11.3. The standard InChI is InChI=1S/C74H60ClN3O2/c1-73(2,3)51-42-53(75)46-57(43-51)77(67-39-23-37-65-63-33-17-19-41-69(63)80-72(65)67)55-30-20-31-56(47-55)78(70-60(49-24-10-7-11-25-49)34-21-35-61(70)50-26-12-8-13-27-50)59-45-52(74(4,5)6)44-58(48-59)76(54-28-14-9-15-29-54)66-38-22-36-64-62-32-16-18-40-68(62)79-71(64)66/h7-48H,1-6H3. The first-order chi connectivity index (χ1) is 38.9. The molecule has 0 radical (unpaired) electrons. The molecule has 0 aliphatic carbocycles. The highest BCUT2D eigenvalue weighted by atomic mass is 35.5. The van der Waals surface area contributed by atoms with Gasteiger partial charge in [0.2, 0.25) is 0 Å². The summed E-state index contributed by atoms with van der Waals surface area (Å²) in [6.45, 7) is 13.6. The molecule has 0 aliphatic rings. The van der Waals surface area contributed by atoms with E-state index in [0.29, 0.717) is 5.02 Å². The van der Waals surface area contributed by atoms with E-state index >= 15 is 0 Å². The van der Waals surface area contributed by atoms with Crippen molar-refractivity contribution in [2.45, 2.75) is 52.4 Å². The van der Waals surface area contributed by atoms with Crippen molar-refractivity contribution < 1.29 is 8.83 Å². The quantitative estimate of drug-likeness (QED) is 0.129. The third kappa shape index (κ3) is 9.23. The number of nitrogens with zero attached hydrogens (tertiary/aromatic N) is 3. The second-order valence-corrected chi connectivity index (χ2v) is 23.2. The van der Waals surface area contributed by atoms with Gasteiger partial charge in [0, 0.05) is 71.8 Å². The van der Waals surface area contributed by atoms with Crippen molar-refractivity contribution in [1.29, 1.82) is 0 Å². The Bertz CT molecular complexity index is 4360. The Balaban J connectivity index is 1.12. The van der Waals surface area contributed by atoms with E-state index in [2.05, 4.69) is 293 Å². The molecule has 0 aliphatic heterocycles. The average Bonchev–Trinajstić information content (AvgIpc) is 4.11. The van der Waals surface area contributed by atoms with Gasteiger partial charge in [0.05, 0.1) is 17.1 Å². The second kappa shape index (κ2) is 20.2. The van der Waals surface area contributed by atoms with Crippen LogP contribution >= 0.6 is 11.6 Å². The number of rotatable bonds is 11. The van der Waals surface area contributed by atoms with Gasteiger partial charge in [-0.15, -0.1) is 0 Å². The molecule has 390 valence electrons. The van der Waals surface area contributed by atoms with E-state index in [0.717, 1.165) is 128 Å². The molecule has 11 aromatic carbocycles. The van der Waals surface area contributed by atoms with Gasteiger partial charge in [0.25, 0.3) is 0 Å². The van der Waals surface area contributed by atoms with Crippen LogP contribution in [0.2, 0.25) is 5.02 Å². The van der Waals surface area contributed by atoms with Crippen LogP contribution in [0.1, 0.15) is 52.7 Å². The third-order valence-corrected chi connectivity index (χ3v) is 15.5. The molecule has 0 bridgehead atoms. The lowest BCUT2D eigenvalue weighted by atomic mass is 9.86. The fraction of sp³-hybridized carbons (Fsp3) is 0.108. The molecule has 0 saturated carbocycles. The Labute approximate surface area is 473 Å². The minimum absolute atomic E-state index is 0.191. The summed E-state index contributed by atoms with van der Waals surface area (Å²) in [7, 11) is 0. The van der Waals surface area contributed by atoms with Gasteiger partial charge in [-0.1, -0.05) is 217 Å². The third-order valence-electron chi connectivity index (χ3n) is 15.3. The molecule has 5 nitrogen and oxygen atoms in total. The van der Waals surface area contributed by atoms with Gasteiger partial charge < -0.3 is 23.5 Å². The highest BCUT2D eigenvalue weighted by Gasteiger charge is 2.29. The highest BCUT2D eigenvalue weighted by molar-refractivity contribution is 6.31. The van der Waals surface area contributed by atoms with Crippen molar-refractivity contribution in [3.8, 4) is 22.3 Å². The van der Waals surface area contributed by atoms with Gasteiger partial charge in [-0.2, -0.15) is 0 Å². The smallest absolute Gasteiger partial charge is 0.159 e. The van der Waals surface area contributed by atoms with Crippen LogP contribution in [-0.2, 0) is 10.8 Å². The summed E-state index contributed by atoms with van der Waals surface area (Å²) < 4.78 is 13.7. The summed E-state index contributed by atoms with van der Waals surface area (Å²) in [5.74, 6) is 0. The molecule has 2 aromatic heterocycles. The van der Waals surface area contributed by atoms with Crippen molar-refractivity contribution in [2.24, 2.45) is 0 Å². The second-order valence-electron chi connectivity index (χ2n) is 22.7. The minimum atomic E-state index is -0.285. The van der Waals surface area contributed by atoms with Crippen molar-refractivity contribution >= 4 is 107 Å². The van der Waals surface area contributed by atoms with Gasteiger partial charge in [-0.3, -0.25) is 0 Å². The van der Waals surface area contributed by atoms with Crippen molar-refractivity contribution in [3.05, 3.63) is 271 Å². The summed E-state index contributed by atoms with van der Waals surface area (Å²) in [5.41, 5.74) is 18.1. The Kier molecular flexibility index (Phi) is 12.7. The maximum Gasteiger partial charge on any atom is 0.159 e. The molecular formula is C74H60ClN3O2. The van der Waals surface area contributed by atoms with Gasteiger partial charge in [-0.25, -0.2) is 0 Å². The first-order valence-electron chi connectivity index (χ1n) is 27.4. The lowest BCUT2D eigenvalue weighted by molar-refractivity contribution is 0.590. The summed E-state index contributed by atoms with van der Waals surface area (Å²) in [4.78, 5) is 7.16. The van der Waals surface area contributed by atoms with Crippen LogP contribution in [0.25, 0.3) is 66.1 Å². The number of benzene rings is 11. The van der Waals surface area contributed by atoms with E-state index < -0.39 is 0 Å². The van der Waals surface area contributed by atoms with Crippen molar-refractivity contribution in [2.75, 3.05) is 14.7 Å². The summed E-state index contributed by atoms with van der Waals surface area (Å²) in [6, 6.07) is 90.9. The summed E-state index contributed by atoms with van der Waals surface area (Å²) >= 11 is 7.22. The van der Waals surface area contributed by atoms with Crippen LogP contribution in [-0.4, -0.2) is 0 Å². The number of para-hydroxylation sites is 6. The van der Waals surface area contributed by atoms with Crippen LogP contribution in [0.5, 0.6) is 0 Å². The molecule has 0 N–H and O–H groups in total. The zero-order chi connectivity index (χ0) is 54.7. The maximum atomic E-state index is 7.22. The van der Waals surface area contributed by atoms with Crippen molar-refractivity contribution in [1.82, 2.24) is 0 Å². The number of anilines is 9. The Morgan fingerprint density at radius 2 is 0.688 bits per heavy atom. The van der Waals surface area contributed by atoms with Crippen molar-refractivity contribution in [3.63, 3.8) is 0 Å². The zero-order valence-corrected chi connectivity index (χ0v) is 46.5. The molecule has 6 heteroatoms. The topological polar surface area (TPSA) is 36.0 Å². The normalized spacial score (nSPS) is 11.9. The molecule has 80 heavy (non-hydrogen) atoms. The predicted octanol–water partition coefficient (Wildman–Crippen LogP) is 22.5. The SMILES string of the molecule is CC(C)(C)c1cc(Cl)cc(N(c2cccc(N(c3cc(N(c4ccccc4)c4cccc5c4oc4ccccc45)cc(C(C)(C)C)c3)c3c(-c4ccccc4)cccc3-c3ccccc3)c2)c2cccc3c2oc2ccccc23)c1. The number of halogens is 1. The lowest BCUT2D eigenvalue weighted by Crippen LogP contribution is -2.19. The molecule has 13 rings (SSSR count). The molecule has 0 atom stereocenters. The maximum absolute atomic E-state index is 7.22. The molecule has 0 fully saturated rings. The lowest BCUT2D eigenvalue weighted by Gasteiger charge is -2.35. The minimum Gasteiger partial charge on any atom is -0.454 e. The van der Waals surface area contributed by atoms with Gasteiger partial charge in [0.15, 0.2) is 11.2 Å². The van der Waals surface area contributed by atoms with Crippen LogP contribution in [0.4, 0.5) is 51.2 Å². The molecule has 13 aromatic rings. The number of hydrogen-bond acceptors (Lipinski definition) is 5. The van der Waals surface area contributed by atoms with E-state index in [1.54, 1.807) is 0 Å². The Morgan fingerprint density at radius 3 is 1.21 bits per heavy atom. The van der Waals surface area contributed by atoms with Crippen LogP contribution in [0.3, 0.4) is 0 Å². The number of fused-ring (bicyclic) bond motifs is 6. The molecule has 0 spiro atoms. The molecular weight excluding hydrogens is 998 g/mol. The number of hydrogen-bond donors (Lipinski definition) is 0.